The van der Waals surface area contributed by atoms with E-state index in [1.807, 2.05) is 12.1 Å². The highest BCUT2D eigenvalue weighted by Crippen LogP contribution is 2.30. The van der Waals surface area contributed by atoms with Crippen LogP contribution in [0.2, 0.25) is 10.0 Å². The van der Waals surface area contributed by atoms with Crippen LogP contribution in [0.4, 0.5) is 33.5 Å². The highest BCUT2D eigenvalue weighted by molar-refractivity contribution is 6.39. The van der Waals surface area contributed by atoms with Crippen LogP contribution in [0.5, 0.6) is 0 Å². The molecule has 1 aliphatic heterocycles. The minimum absolute atomic E-state index is 0.198. The molecule has 0 bridgehead atoms. The summed E-state index contributed by atoms with van der Waals surface area (Å²) >= 11 is 12.3. The van der Waals surface area contributed by atoms with Crippen LogP contribution < -0.4 is 20.4 Å². The molecular weight excluding hydrogens is 501 g/mol. The molecule has 11 heteroatoms. The van der Waals surface area contributed by atoms with E-state index in [-0.39, 0.29) is 5.78 Å². The van der Waals surface area contributed by atoms with Gasteiger partial charge in [-0.05, 0) is 43.3 Å². The minimum atomic E-state index is -0.442. The number of hydrogen-bond acceptors (Lipinski definition) is 7. The van der Waals surface area contributed by atoms with Gasteiger partial charge in [-0.2, -0.15) is 0 Å². The lowest BCUT2D eigenvalue weighted by atomic mass is 10.2. The van der Waals surface area contributed by atoms with E-state index >= 15 is 0 Å². The molecule has 188 valence electrons. The maximum Gasteiger partial charge on any atom is 0.327 e. The third-order valence-electron chi connectivity index (χ3n) is 5.82. The third-order valence-corrected chi connectivity index (χ3v) is 6.45. The lowest BCUT2D eigenvalue weighted by Gasteiger charge is -2.35. The van der Waals surface area contributed by atoms with E-state index in [0.717, 1.165) is 37.6 Å². The summed E-state index contributed by atoms with van der Waals surface area (Å²) in [5, 5.41) is 6.65. The van der Waals surface area contributed by atoms with Crippen molar-refractivity contribution in [2.24, 2.45) is 0 Å². The number of benzene rings is 2. The van der Waals surface area contributed by atoms with E-state index in [4.69, 9.17) is 23.2 Å². The molecule has 2 heterocycles. The predicted octanol–water partition coefficient (Wildman–Crippen LogP) is 4.91. The molecule has 1 aliphatic rings. The van der Waals surface area contributed by atoms with Gasteiger partial charge in [-0.25, -0.2) is 14.8 Å². The molecule has 0 radical (unpaired) electrons. The summed E-state index contributed by atoms with van der Waals surface area (Å²) in [5.41, 5.74) is 2.32. The van der Waals surface area contributed by atoms with Gasteiger partial charge < -0.3 is 15.5 Å². The van der Waals surface area contributed by atoms with Crippen molar-refractivity contribution in [1.82, 2.24) is 14.9 Å². The number of carbonyl (C=O) groups is 2. The van der Waals surface area contributed by atoms with Gasteiger partial charge in [-0.15, -0.1) is 0 Å². The Kier molecular flexibility index (Phi) is 8.25. The number of piperazine rings is 1. The maximum atomic E-state index is 12.7. The average Bonchev–Trinajstić information content (AvgIpc) is 2.86. The fourth-order valence-corrected chi connectivity index (χ4v) is 4.39. The zero-order valence-corrected chi connectivity index (χ0v) is 21.6. The third kappa shape index (κ3) is 6.42. The molecule has 4 rings (SSSR count). The Labute approximate surface area is 220 Å². The molecule has 2 amide bonds. The number of halogens is 2. The number of nitrogens with zero attached hydrogens (tertiary/aromatic N) is 5. The Hall–Kier alpha value is -3.40. The number of rotatable bonds is 7. The van der Waals surface area contributed by atoms with E-state index in [1.54, 1.807) is 38.2 Å². The Bertz CT molecular complexity index is 1210. The number of urea groups is 1. The Morgan fingerprint density at radius 3 is 2.31 bits per heavy atom. The Morgan fingerprint density at radius 2 is 1.67 bits per heavy atom. The van der Waals surface area contributed by atoms with Gasteiger partial charge in [-0.1, -0.05) is 29.3 Å². The van der Waals surface area contributed by atoms with Gasteiger partial charge in [0.1, 0.15) is 23.7 Å². The van der Waals surface area contributed by atoms with Gasteiger partial charge in [0.2, 0.25) is 0 Å². The highest BCUT2D eigenvalue weighted by atomic mass is 35.5. The van der Waals surface area contributed by atoms with E-state index in [9.17, 15) is 9.59 Å². The average molecular weight is 528 g/mol. The monoisotopic (exact) mass is 527 g/mol. The molecule has 1 fully saturated rings. The number of aromatic nitrogens is 2. The van der Waals surface area contributed by atoms with E-state index < -0.39 is 6.03 Å². The van der Waals surface area contributed by atoms with Gasteiger partial charge in [0.15, 0.2) is 0 Å². The van der Waals surface area contributed by atoms with Gasteiger partial charge in [0, 0.05) is 50.7 Å². The standard InChI is InChI=1S/C25H27Cl2N7O2/c1-17(35)15-33-10-12-34(13-11-33)19-8-6-18(7-9-19)30-22-14-23(29-16-28-22)32(2)25(36)31-24-20(26)4-3-5-21(24)27/h3-9,14,16H,10-13,15H2,1-2H3,(H,31,36)(H,28,29,30). The molecule has 3 aromatic rings. The van der Waals surface area contributed by atoms with E-state index in [2.05, 4.69) is 42.5 Å². The summed E-state index contributed by atoms with van der Waals surface area (Å²) in [6.07, 6.45) is 1.39. The largest absolute Gasteiger partial charge is 0.369 e. The Morgan fingerprint density at radius 1 is 1.00 bits per heavy atom. The molecule has 1 aromatic heterocycles. The topological polar surface area (TPSA) is 93.7 Å². The highest BCUT2D eigenvalue weighted by Gasteiger charge is 2.19. The second-order valence-electron chi connectivity index (χ2n) is 8.48. The molecule has 1 saturated heterocycles. The van der Waals surface area contributed by atoms with Gasteiger partial charge in [0.05, 0.1) is 22.3 Å². The van der Waals surface area contributed by atoms with Gasteiger partial charge in [0.25, 0.3) is 0 Å². The molecule has 36 heavy (non-hydrogen) atoms. The maximum absolute atomic E-state index is 12.7. The molecule has 0 unspecified atom stereocenters. The van der Waals surface area contributed by atoms with Crippen LogP contribution in [0.1, 0.15) is 6.92 Å². The molecule has 0 atom stereocenters. The van der Waals surface area contributed by atoms with E-state index in [0.29, 0.717) is 33.9 Å². The molecule has 9 nitrogen and oxygen atoms in total. The first kappa shape index (κ1) is 25.7. The number of Topliss-reactive ketones (excluding diaryl/α,β-unsaturated/α-hetero) is 1. The normalized spacial score (nSPS) is 13.8. The van der Waals surface area contributed by atoms with Crippen LogP contribution in [0.3, 0.4) is 0 Å². The summed E-state index contributed by atoms with van der Waals surface area (Å²) in [5.74, 6) is 1.14. The van der Waals surface area contributed by atoms with Crippen molar-refractivity contribution in [3.8, 4) is 0 Å². The fraction of sp³-hybridized carbons (Fsp3) is 0.280. The molecule has 0 aliphatic carbocycles. The fourth-order valence-electron chi connectivity index (χ4n) is 3.89. The van der Waals surface area contributed by atoms with Crippen molar-refractivity contribution in [3.05, 3.63) is 64.9 Å². The van der Waals surface area contributed by atoms with Crippen LogP contribution in [-0.2, 0) is 4.79 Å². The van der Waals surface area contributed by atoms with Crippen LogP contribution in [-0.4, -0.2) is 66.5 Å². The molecule has 0 saturated carbocycles. The summed E-state index contributed by atoms with van der Waals surface area (Å²) in [6.45, 7) is 5.64. The number of carbonyl (C=O) groups excluding carboxylic acids is 2. The molecule has 2 N–H and O–H groups in total. The zero-order valence-electron chi connectivity index (χ0n) is 20.0. The summed E-state index contributed by atoms with van der Waals surface area (Å²) < 4.78 is 0. The predicted molar refractivity (Wildman–Crippen MR) is 145 cm³/mol. The quantitative estimate of drug-likeness (QED) is 0.450. The minimum Gasteiger partial charge on any atom is -0.369 e. The number of amides is 2. The zero-order chi connectivity index (χ0) is 25.7. The van der Waals surface area contributed by atoms with Gasteiger partial charge in [-0.3, -0.25) is 14.6 Å². The molecular formula is C25H27Cl2N7O2. The van der Waals surface area contributed by atoms with Crippen LogP contribution >= 0.6 is 23.2 Å². The van der Waals surface area contributed by atoms with Crippen LogP contribution in [0.15, 0.2) is 54.9 Å². The van der Waals surface area contributed by atoms with Crippen molar-refractivity contribution in [2.45, 2.75) is 6.92 Å². The summed E-state index contributed by atoms with van der Waals surface area (Å²) in [4.78, 5) is 38.4. The first-order valence-corrected chi connectivity index (χ1v) is 12.2. The lowest BCUT2D eigenvalue weighted by Crippen LogP contribution is -2.47. The SMILES string of the molecule is CC(=O)CN1CCN(c2ccc(Nc3cc(N(C)C(=O)Nc4c(Cl)cccc4Cl)ncn3)cc2)CC1. The van der Waals surface area contributed by atoms with Crippen LogP contribution in [0, 0.1) is 0 Å². The number of anilines is 5. The first-order chi connectivity index (χ1) is 17.3. The van der Waals surface area contributed by atoms with Crippen molar-refractivity contribution in [2.75, 3.05) is 60.2 Å². The second kappa shape index (κ2) is 11.6. The smallest absolute Gasteiger partial charge is 0.327 e. The summed E-state index contributed by atoms with van der Waals surface area (Å²) in [7, 11) is 1.59. The number of hydrogen-bond donors (Lipinski definition) is 2. The number of ketones is 1. The van der Waals surface area contributed by atoms with Crippen molar-refractivity contribution < 1.29 is 9.59 Å². The number of para-hydroxylation sites is 1. The first-order valence-electron chi connectivity index (χ1n) is 11.4. The van der Waals surface area contributed by atoms with E-state index in [1.165, 1.54) is 11.2 Å². The second-order valence-corrected chi connectivity index (χ2v) is 9.30. The van der Waals surface area contributed by atoms with Gasteiger partial charge >= 0.3 is 6.03 Å². The lowest BCUT2D eigenvalue weighted by molar-refractivity contribution is -0.118. The van der Waals surface area contributed by atoms with Crippen molar-refractivity contribution >= 4 is 63.7 Å². The molecule has 2 aromatic carbocycles. The van der Waals surface area contributed by atoms with Crippen molar-refractivity contribution in [1.29, 1.82) is 0 Å². The van der Waals surface area contributed by atoms with Crippen molar-refractivity contribution in [3.63, 3.8) is 0 Å². The number of nitrogens with one attached hydrogen (secondary N) is 2. The summed E-state index contributed by atoms with van der Waals surface area (Å²) in [6, 6.07) is 14.3. The molecule has 0 spiro atoms. The Balaban J connectivity index is 1.37. The van der Waals surface area contributed by atoms with Crippen LogP contribution in [0.25, 0.3) is 0 Å².